The van der Waals surface area contributed by atoms with E-state index in [0.717, 1.165) is 20.7 Å². The van der Waals surface area contributed by atoms with Crippen molar-refractivity contribution in [3.05, 3.63) is 39.3 Å². The van der Waals surface area contributed by atoms with E-state index in [1.165, 1.54) is 4.88 Å². The lowest BCUT2D eigenvalue weighted by Gasteiger charge is -1.95. The van der Waals surface area contributed by atoms with E-state index >= 15 is 0 Å². The number of hydrogen-bond donors (Lipinski definition) is 1. The Kier molecular flexibility index (Phi) is 3.74. The maximum atomic E-state index is 8.93. The first-order valence-electron chi connectivity index (χ1n) is 5.04. The molecule has 4 heteroatoms. The number of hydrogen-bond acceptors (Lipinski definition) is 3. The summed E-state index contributed by atoms with van der Waals surface area (Å²) in [5, 5.41) is 9.95. The quantitative estimate of drug-likeness (QED) is 0.942. The highest BCUT2D eigenvalue weighted by Gasteiger charge is 2.08. The molecule has 0 atom stereocenters. The molecule has 0 unspecified atom stereocenters. The molecule has 0 aliphatic carbocycles. The summed E-state index contributed by atoms with van der Waals surface area (Å²) in [6, 6.07) is 8.12. The van der Waals surface area contributed by atoms with Crippen molar-refractivity contribution in [1.29, 1.82) is 0 Å². The molecule has 1 heterocycles. The monoisotopic (exact) mass is 297 g/mol. The van der Waals surface area contributed by atoms with Gasteiger partial charge in [0.25, 0.3) is 0 Å². The Labute approximate surface area is 107 Å². The van der Waals surface area contributed by atoms with Gasteiger partial charge in [-0.3, -0.25) is 0 Å². The second-order valence-electron chi connectivity index (χ2n) is 3.51. The molecule has 1 aromatic carbocycles. The predicted molar refractivity (Wildman–Crippen MR) is 70.8 cm³/mol. The summed E-state index contributed by atoms with van der Waals surface area (Å²) < 4.78 is 1.07. The topological polar surface area (TPSA) is 33.1 Å². The van der Waals surface area contributed by atoms with Crippen molar-refractivity contribution < 1.29 is 5.11 Å². The lowest BCUT2D eigenvalue weighted by Crippen LogP contribution is -1.88. The average Bonchev–Trinajstić information content (AvgIpc) is 2.62. The van der Waals surface area contributed by atoms with Crippen molar-refractivity contribution in [3.63, 3.8) is 0 Å². The van der Waals surface area contributed by atoms with Gasteiger partial charge in [-0.05, 0) is 19.1 Å². The van der Waals surface area contributed by atoms with Crippen LogP contribution in [0.4, 0.5) is 0 Å². The van der Waals surface area contributed by atoms with Gasteiger partial charge in [-0.2, -0.15) is 0 Å². The third-order valence-corrected chi connectivity index (χ3v) is 4.12. The van der Waals surface area contributed by atoms with E-state index < -0.39 is 0 Å². The van der Waals surface area contributed by atoms with Crippen molar-refractivity contribution in [3.8, 4) is 10.6 Å². The summed E-state index contributed by atoms with van der Waals surface area (Å²) in [6.45, 7) is 2.17. The molecule has 0 aliphatic rings. The summed E-state index contributed by atoms with van der Waals surface area (Å²) in [4.78, 5) is 5.69. The fourth-order valence-corrected chi connectivity index (χ4v) is 2.80. The largest absolute Gasteiger partial charge is 0.396 e. The Balaban J connectivity index is 2.33. The summed E-state index contributed by atoms with van der Waals surface area (Å²) in [7, 11) is 0. The van der Waals surface area contributed by atoms with Gasteiger partial charge in [-0.25, -0.2) is 4.98 Å². The summed E-state index contributed by atoms with van der Waals surface area (Å²) in [6.07, 6.45) is 0.694. The fraction of sp³-hybridized carbons (Fsp3) is 0.250. The number of halogens is 1. The Morgan fingerprint density at radius 2 is 2.00 bits per heavy atom. The molecule has 2 rings (SSSR count). The smallest absolute Gasteiger partial charge is 0.123 e. The number of aromatic nitrogens is 1. The van der Waals surface area contributed by atoms with Gasteiger partial charge in [0.15, 0.2) is 0 Å². The predicted octanol–water partition coefficient (Wildman–Crippen LogP) is 3.42. The highest BCUT2D eigenvalue weighted by Crippen LogP contribution is 2.28. The Hall–Kier alpha value is -0.710. The minimum Gasteiger partial charge on any atom is -0.396 e. The van der Waals surface area contributed by atoms with E-state index in [1.807, 2.05) is 31.2 Å². The molecule has 0 bridgehead atoms. The molecule has 0 saturated carbocycles. The Morgan fingerprint density at radius 1 is 1.31 bits per heavy atom. The molecule has 84 valence electrons. The van der Waals surface area contributed by atoms with Crippen LogP contribution in [0.2, 0.25) is 0 Å². The molecule has 2 nitrogen and oxygen atoms in total. The number of rotatable bonds is 3. The maximum absolute atomic E-state index is 8.93. The van der Waals surface area contributed by atoms with Gasteiger partial charge in [-0.15, -0.1) is 11.3 Å². The summed E-state index contributed by atoms with van der Waals surface area (Å²) in [5.74, 6) is 0. The Bertz CT molecular complexity index is 478. The lowest BCUT2D eigenvalue weighted by molar-refractivity contribution is 0.300. The molecule has 0 radical (unpaired) electrons. The molecule has 16 heavy (non-hydrogen) atoms. The van der Waals surface area contributed by atoms with Gasteiger partial charge in [0.1, 0.15) is 5.01 Å². The molecular formula is C12H12BrNOS. The van der Waals surface area contributed by atoms with Crippen LogP contribution in [0.25, 0.3) is 10.6 Å². The number of thiazole rings is 1. The second-order valence-corrected chi connectivity index (χ2v) is 5.51. The normalized spacial score (nSPS) is 10.7. The third-order valence-electron chi connectivity index (χ3n) is 2.32. The van der Waals surface area contributed by atoms with E-state index in [9.17, 15) is 0 Å². The van der Waals surface area contributed by atoms with Crippen molar-refractivity contribution in [1.82, 2.24) is 4.98 Å². The molecule has 0 saturated heterocycles. The minimum absolute atomic E-state index is 0.183. The summed E-state index contributed by atoms with van der Waals surface area (Å²) in [5.41, 5.74) is 2.15. The lowest BCUT2D eigenvalue weighted by atomic mass is 10.2. The van der Waals surface area contributed by atoms with Crippen LogP contribution in [0.5, 0.6) is 0 Å². The van der Waals surface area contributed by atoms with Crippen LogP contribution in [0, 0.1) is 6.92 Å². The SMILES string of the molecule is Cc1nc(-c2ccc(Br)cc2)sc1CCO. The molecule has 0 amide bonds. The molecule has 1 N–H and O–H groups in total. The zero-order valence-electron chi connectivity index (χ0n) is 8.90. The van der Waals surface area contributed by atoms with Gasteiger partial charge in [0, 0.05) is 27.9 Å². The van der Waals surface area contributed by atoms with Crippen molar-refractivity contribution >= 4 is 27.3 Å². The van der Waals surface area contributed by atoms with E-state index in [0.29, 0.717) is 6.42 Å². The molecule has 1 aromatic heterocycles. The molecule has 2 aromatic rings. The standard InChI is InChI=1S/C12H12BrNOS/c1-8-11(6-7-15)16-12(14-8)9-2-4-10(13)5-3-9/h2-5,15H,6-7H2,1H3. The van der Waals surface area contributed by atoms with E-state index in [-0.39, 0.29) is 6.61 Å². The van der Waals surface area contributed by atoms with Gasteiger partial charge in [0.05, 0.1) is 5.69 Å². The van der Waals surface area contributed by atoms with E-state index in [1.54, 1.807) is 11.3 Å². The van der Waals surface area contributed by atoms with Gasteiger partial charge in [0.2, 0.25) is 0 Å². The highest BCUT2D eigenvalue weighted by molar-refractivity contribution is 9.10. The molecule has 0 spiro atoms. The molecule has 0 aliphatic heterocycles. The van der Waals surface area contributed by atoms with Crippen LogP contribution in [0.1, 0.15) is 10.6 Å². The molecular weight excluding hydrogens is 286 g/mol. The van der Waals surface area contributed by atoms with Crippen molar-refractivity contribution in [2.24, 2.45) is 0 Å². The third kappa shape index (κ3) is 2.51. The number of nitrogens with zero attached hydrogens (tertiary/aromatic N) is 1. The van der Waals surface area contributed by atoms with Gasteiger partial charge >= 0.3 is 0 Å². The van der Waals surface area contributed by atoms with Crippen LogP contribution < -0.4 is 0 Å². The number of aliphatic hydroxyl groups excluding tert-OH is 1. The number of benzene rings is 1. The zero-order valence-corrected chi connectivity index (χ0v) is 11.3. The van der Waals surface area contributed by atoms with Gasteiger partial charge < -0.3 is 5.11 Å². The fourth-order valence-electron chi connectivity index (χ4n) is 1.48. The summed E-state index contributed by atoms with van der Waals surface area (Å²) >= 11 is 5.07. The zero-order chi connectivity index (χ0) is 11.5. The van der Waals surface area contributed by atoms with Crippen LogP contribution in [-0.2, 0) is 6.42 Å². The van der Waals surface area contributed by atoms with Crippen molar-refractivity contribution in [2.45, 2.75) is 13.3 Å². The first-order chi connectivity index (χ1) is 7.70. The second kappa shape index (κ2) is 5.08. The molecule has 0 fully saturated rings. The van der Waals surface area contributed by atoms with E-state index in [4.69, 9.17) is 5.11 Å². The van der Waals surface area contributed by atoms with Crippen LogP contribution in [0.15, 0.2) is 28.7 Å². The first kappa shape index (κ1) is 11.8. The van der Waals surface area contributed by atoms with Crippen molar-refractivity contribution in [2.75, 3.05) is 6.61 Å². The Morgan fingerprint density at radius 3 is 2.62 bits per heavy atom. The van der Waals surface area contributed by atoms with E-state index in [2.05, 4.69) is 20.9 Å². The van der Waals surface area contributed by atoms with Crippen LogP contribution in [0.3, 0.4) is 0 Å². The maximum Gasteiger partial charge on any atom is 0.123 e. The minimum atomic E-state index is 0.183. The average molecular weight is 298 g/mol. The highest BCUT2D eigenvalue weighted by atomic mass is 79.9. The van der Waals surface area contributed by atoms with Gasteiger partial charge in [-0.1, -0.05) is 28.1 Å². The number of aliphatic hydroxyl groups is 1. The van der Waals surface area contributed by atoms with Crippen LogP contribution >= 0.6 is 27.3 Å². The van der Waals surface area contributed by atoms with Crippen LogP contribution in [-0.4, -0.2) is 16.7 Å². The number of aryl methyl sites for hydroxylation is 1. The first-order valence-corrected chi connectivity index (χ1v) is 6.65.